The Kier molecular flexibility index (Phi) is 2.88. The van der Waals surface area contributed by atoms with Gasteiger partial charge in [0.05, 0.1) is 5.56 Å². The highest BCUT2D eigenvalue weighted by Gasteiger charge is 2.12. The molecule has 0 aliphatic rings. The summed E-state index contributed by atoms with van der Waals surface area (Å²) in [5, 5.41) is 0.285. The number of hydrogen-bond acceptors (Lipinski definition) is 1. The summed E-state index contributed by atoms with van der Waals surface area (Å²) in [5.74, 6) is -0.958. The molecule has 0 heterocycles. The molecule has 13 heavy (non-hydrogen) atoms. The van der Waals surface area contributed by atoms with Gasteiger partial charge in [0.25, 0.3) is 5.91 Å². The third-order valence-corrected chi connectivity index (χ3v) is 1.80. The Bertz CT molecular complexity index is 338. The highest BCUT2D eigenvalue weighted by molar-refractivity contribution is 6.30. The molecule has 0 unspecified atom stereocenters. The number of hydrogen-bond donors (Lipinski definition) is 0. The smallest absolute Gasteiger partial charge is 0.256 e. The summed E-state index contributed by atoms with van der Waals surface area (Å²) in [6.07, 6.45) is 0. The molecule has 0 atom stereocenters. The molecular weight excluding hydrogens is 193 g/mol. The first kappa shape index (κ1) is 9.99. The third kappa shape index (κ3) is 2.18. The summed E-state index contributed by atoms with van der Waals surface area (Å²) >= 11 is 5.54. The first-order valence-corrected chi connectivity index (χ1v) is 4.07. The Morgan fingerprint density at radius 1 is 1.46 bits per heavy atom. The Hall–Kier alpha value is -1.09. The van der Waals surface area contributed by atoms with Gasteiger partial charge in [0.15, 0.2) is 0 Å². The number of carbonyl (C=O) groups is 1. The molecule has 1 amide bonds. The number of benzene rings is 1. The van der Waals surface area contributed by atoms with E-state index in [0.717, 1.165) is 6.07 Å². The number of nitrogens with zero attached hydrogens (tertiary/aromatic N) is 1. The molecule has 2 nitrogen and oxygen atoms in total. The largest absolute Gasteiger partial charge is 0.345 e. The van der Waals surface area contributed by atoms with Crippen molar-refractivity contribution in [1.82, 2.24) is 4.90 Å². The van der Waals surface area contributed by atoms with Gasteiger partial charge in [0.2, 0.25) is 0 Å². The minimum Gasteiger partial charge on any atom is -0.345 e. The number of amides is 1. The van der Waals surface area contributed by atoms with Crippen molar-refractivity contribution in [2.24, 2.45) is 0 Å². The van der Waals surface area contributed by atoms with Crippen molar-refractivity contribution in [3.8, 4) is 0 Å². The Morgan fingerprint density at radius 2 is 2.08 bits per heavy atom. The maximum Gasteiger partial charge on any atom is 0.256 e. The Morgan fingerprint density at radius 3 is 2.54 bits per heavy atom. The van der Waals surface area contributed by atoms with Crippen LogP contribution in [0.1, 0.15) is 10.4 Å². The predicted molar refractivity (Wildman–Crippen MR) is 49.4 cm³/mol. The van der Waals surface area contributed by atoms with Crippen LogP contribution in [0.5, 0.6) is 0 Å². The van der Waals surface area contributed by atoms with Crippen molar-refractivity contribution in [2.45, 2.75) is 0 Å². The second kappa shape index (κ2) is 3.75. The van der Waals surface area contributed by atoms with Crippen molar-refractivity contribution in [1.29, 1.82) is 0 Å². The van der Waals surface area contributed by atoms with Gasteiger partial charge in [-0.3, -0.25) is 4.79 Å². The van der Waals surface area contributed by atoms with Crippen molar-refractivity contribution >= 4 is 17.5 Å². The fraction of sp³-hybridized carbons (Fsp3) is 0.222. The van der Waals surface area contributed by atoms with Crippen molar-refractivity contribution in [2.75, 3.05) is 14.1 Å². The molecule has 4 heteroatoms. The van der Waals surface area contributed by atoms with Gasteiger partial charge in [-0.2, -0.15) is 0 Å². The Labute approximate surface area is 80.9 Å². The zero-order chi connectivity index (χ0) is 10.0. The normalized spacial score (nSPS) is 9.85. The van der Waals surface area contributed by atoms with Crippen LogP contribution < -0.4 is 0 Å². The van der Waals surface area contributed by atoms with Crippen LogP contribution in [0.4, 0.5) is 4.39 Å². The summed E-state index contributed by atoms with van der Waals surface area (Å²) in [4.78, 5) is 12.6. The van der Waals surface area contributed by atoms with E-state index in [2.05, 4.69) is 0 Å². The van der Waals surface area contributed by atoms with Gasteiger partial charge in [0.1, 0.15) is 5.82 Å². The summed E-state index contributed by atoms with van der Waals surface area (Å²) < 4.78 is 13.1. The SMILES string of the molecule is CN(C)C(=O)c1ccc(Cl)cc1F. The molecule has 0 fully saturated rings. The van der Waals surface area contributed by atoms with E-state index in [1.165, 1.54) is 17.0 Å². The Balaban J connectivity index is 3.09. The van der Waals surface area contributed by atoms with E-state index in [0.29, 0.717) is 0 Å². The predicted octanol–water partition coefficient (Wildman–Crippen LogP) is 2.18. The highest BCUT2D eigenvalue weighted by atomic mass is 35.5. The molecular formula is C9H9ClFNO. The molecule has 1 rings (SSSR count). The summed E-state index contributed by atoms with van der Waals surface area (Å²) in [7, 11) is 3.13. The fourth-order valence-electron chi connectivity index (χ4n) is 0.904. The van der Waals surface area contributed by atoms with Crippen LogP contribution in [0.3, 0.4) is 0 Å². The number of rotatable bonds is 1. The molecule has 70 valence electrons. The van der Waals surface area contributed by atoms with E-state index in [9.17, 15) is 9.18 Å². The van der Waals surface area contributed by atoms with Crippen LogP contribution in [0.2, 0.25) is 5.02 Å². The van der Waals surface area contributed by atoms with Gasteiger partial charge in [-0.15, -0.1) is 0 Å². The minimum absolute atomic E-state index is 0.0365. The van der Waals surface area contributed by atoms with Crippen molar-refractivity contribution in [3.63, 3.8) is 0 Å². The van der Waals surface area contributed by atoms with E-state index >= 15 is 0 Å². The molecule has 0 saturated heterocycles. The van der Waals surface area contributed by atoms with Gasteiger partial charge in [-0.05, 0) is 18.2 Å². The first-order valence-electron chi connectivity index (χ1n) is 3.69. The first-order chi connectivity index (χ1) is 6.02. The van der Waals surface area contributed by atoms with E-state index in [4.69, 9.17) is 11.6 Å². The lowest BCUT2D eigenvalue weighted by atomic mass is 10.2. The monoisotopic (exact) mass is 201 g/mol. The van der Waals surface area contributed by atoms with Crippen LogP contribution in [-0.2, 0) is 0 Å². The standard InChI is InChI=1S/C9H9ClFNO/c1-12(2)9(13)7-4-3-6(10)5-8(7)11/h3-5H,1-2H3. The van der Waals surface area contributed by atoms with Gasteiger partial charge in [-0.1, -0.05) is 11.6 Å². The number of halogens is 2. The molecule has 1 aromatic carbocycles. The molecule has 0 saturated carbocycles. The van der Waals surface area contributed by atoms with E-state index in [1.807, 2.05) is 0 Å². The topological polar surface area (TPSA) is 20.3 Å². The third-order valence-electron chi connectivity index (χ3n) is 1.57. The minimum atomic E-state index is -0.591. The average Bonchev–Trinajstić information content (AvgIpc) is 2.03. The van der Waals surface area contributed by atoms with Crippen LogP contribution in [0.15, 0.2) is 18.2 Å². The summed E-state index contributed by atoms with van der Waals surface area (Å²) in [5.41, 5.74) is 0.0365. The molecule has 0 aromatic heterocycles. The van der Waals surface area contributed by atoms with Crippen LogP contribution >= 0.6 is 11.6 Å². The maximum atomic E-state index is 13.1. The molecule has 0 N–H and O–H groups in total. The lowest BCUT2D eigenvalue weighted by molar-refractivity contribution is 0.0823. The zero-order valence-corrected chi connectivity index (χ0v) is 8.10. The fourth-order valence-corrected chi connectivity index (χ4v) is 1.06. The van der Waals surface area contributed by atoms with Crippen LogP contribution in [0, 0.1) is 5.82 Å². The highest BCUT2D eigenvalue weighted by Crippen LogP contribution is 2.15. The lowest BCUT2D eigenvalue weighted by Gasteiger charge is -2.10. The van der Waals surface area contributed by atoms with Gasteiger partial charge < -0.3 is 4.90 Å². The maximum absolute atomic E-state index is 13.1. The molecule has 0 aliphatic heterocycles. The van der Waals surface area contributed by atoms with Gasteiger partial charge in [-0.25, -0.2) is 4.39 Å². The van der Waals surface area contributed by atoms with E-state index in [1.54, 1.807) is 14.1 Å². The second-order valence-electron chi connectivity index (χ2n) is 2.82. The molecule has 0 bridgehead atoms. The molecule has 0 spiro atoms. The van der Waals surface area contributed by atoms with Crippen molar-refractivity contribution < 1.29 is 9.18 Å². The molecule has 0 radical (unpaired) electrons. The van der Waals surface area contributed by atoms with Crippen LogP contribution in [-0.4, -0.2) is 24.9 Å². The van der Waals surface area contributed by atoms with Crippen LogP contribution in [0.25, 0.3) is 0 Å². The van der Waals surface area contributed by atoms with E-state index < -0.39 is 5.82 Å². The average molecular weight is 202 g/mol. The molecule has 1 aromatic rings. The second-order valence-corrected chi connectivity index (χ2v) is 3.26. The van der Waals surface area contributed by atoms with Crippen molar-refractivity contribution in [3.05, 3.63) is 34.6 Å². The lowest BCUT2D eigenvalue weighted by Crippen LogP contribution is -2.22. The quantitative estimate of drug-likeness (QED) is 0.682. The zero-order valence-electron chi connectivity index (χ0n) is 7.34. The summed E-state index contributed by atoms with van der Waals surface area (Å²) in [6.45, 7) is 0. The molecule has 0 aliphatic carbocycles. The van der Waals surface area contributed by atoms with E-state index in [-0.39, 0.29) is 16.5 Å². The van der Waals surface area contributed by atoms with Gasteiger partial charge >= 0.3 is 0 Å². The summed E-state index contributed by atoms with van der Waals surface area (Å²) in [6, 6.07) is 3.99. The van der Waals surface area contributed by atoms with Gasteiger partial charge in [0, 0.05) is 19.1 Å². The number of carbonyl (C=O) groups excluding carboxylic acids is 1.